The first kappa shape index (κ1) is 16.7. The van der Waals surface area contributed by atoms with Crippen LogP contribution in [0.3, 0.4) is 0 Å². The average Bonchev–Trinajstić information content (AvgIpc) is 3.29. The van der Waals surface area contributed by atoms with E-state index in [1.807, 2.05) is 0 Å². The molecule has 0 N–H and O–H groups in total. The van der Waals surface area contributed by atoms with Crippen LogP contribution < -0.4 is 9.80 Å². The Bertz CT molecular complexity index is 560. The Morgan fingerprint density at radius 2 is 2.18 bits per heavy atom. The van der Waals surface area contributed by atoms with Crippen molar-refractivity contribution in [1.29, 1.82) is 0 Å². The molecule has 0 saturated heterocycles. The molecular formula is C14H18NO6S-. The lowest BCUT2D eigenvalue weighted by molar-refractivity contribution is -0.139. The highest BCUT2D eigenvalue weighted by Gasteiger charge is 2.23. The normalized spacial score (nSPS) is 15.2. The summed E-state index contributed by atoms with van der Waals surface area (Å²) in [6, 6.07) is 5.08. The molecule has 22 heavy (non-hydrogen) atoms. The molecule has 1 unspecified atom stereocenters. The fourth-order valence-electron chi connectivity index (χ4n) is 1.90. The van der Waals surface area contributed by atoms with Crippen LogP contribution in [-0.4, -0.2) is 35.5 Å². The molecule has 0 radical (unpaired) electrons. The lowest BCUT2D eigenvalue weighted by Crippen LogP contribution is -2.20. The average molecular weight is 328 g/mol. The molecule has 1 aromatic rings. The van der Waals surface area contributed by atoms with Crippen molar-refractivity contribution in [3.63, 3.8) is 0 Å². The van der Waals surface area contributed by atoms with Crippen molar-refractivity contribution in [2.75, 3.05) is 25.8 Å². The molecule has 8 heteroatoms. The Balaban J connectivity index is 2.18. The SMILES string of the molecule is COC(=O)Cc1ccc(OCC2CC2)c(N(C)OS(=O)[O-])c1. The lowest BCUT2D eigenvalue weighted by Gasteiger charge is -2.22. The fraction of sp³-hybridized carbons (Fsp3) is 0.500. The Hall–Kier alpha value is -1.64. The minimum absolute atomic E-state index is 0.0840. The van der Waals surface area contributed by atoms with E-state index >= 15 is 0 Å². The van der Waals surface area contributed by atoms with Crippen LogP contribution in [-0.2, 0) is 31.6 Å². The molecule has 0 bridgehead atoms. The summed E-state index contributed by atoms with van der Waals surface area (Å²) in [6.07, 6.45) is 2.38. The smallest absolute Gasteiger partial charge is 0.309 e. The van der Waals surface area contributed by atoms with Crippen molar-refractivity contribution < 1.29 is 27.3 Å². The van der Waals surface area contributed by atoms with Crippen molar-refractivity contribution in [2.45, 2.75) is 19.3 Å². The molecule has 1 aliphatic rings. The number of hydrogen-bond acceptors (Lipinski definition) is 7. The molecule has 1 aromatic carbocycles. The summed E-state index contributed by atoms with van der Waals surface area (Å²) >= 11 is -2.70. The topological polar surface area (TPSA) is 88.1 Å². The van der Waals surface area contributed by atoms with Gasteiger partial charge in [0, 0.05) is 7.05 Å². The molecule has 122 valence electrons. The van der Waals surface area contributed by atoms with Crippen molar-refractivity contribution >= 4 is 23.0 Å². The molecule has 0 heterocycles. The fourth-order valence-corrected chi connectivity index (χ4v) is 2.17. The van der Waals surface area contributed by atoms with Gasteiger partial charge in [0.1, 0.15) is 22.8 Å². The molecule has 0 amide bonds. The van der Waals surface area contributed by atoms with E-state index in [9.17, 15) is 13.6 Å². The van der Waals surface area contributed by atoms with Gasteiger partial charge in [0.05, 0.1) is 20.1 Å². The predicted molar refractivity (Wildman–Crippen MR) is 78.8 cm³/mol. The van der Waals surface area contributed by atoms with Crippen LogP contribution in [0.5, 0.6) is 5.75 Å². The van der Waals surface area contributed by atoms with E-state index in [1.54, 1.807) is 18.2 Å². The highest BCUT2D eigenvalue weighted by atomic mass is 32.2. The van der Waals surface area contributed by atoms with Crippen LogP contribution in [0.1, 0.15) is 18.4 Å². The summed E-state index contributed by atoms with van der Waals surface area (Å²) in [5.41, 5.74) is 1.11. The number of carbonyl (C=O) groups excluding carboxylic acids is 1. The molecule has 1 aliphatic carbocycles. The maximum absolute atomic E-state index is 11.4. The number of hydrogen-bond donors (Lipinski definition) is 0. The molecule has 2 rings (SSSR count). The number of benzene rings is 1. The first-order valence-corrected chi connectivity index (χ1v) is 7.83. The molecule has 1 atom stereocenters. The van der Waals surface area contributed by atoms with Gasteiger partial charge in [-0.05, 0) is 36.5 Å². The Morgan fingerprint density at radius 3 is 2.77 bits per heavy atom. The maximum Gasteiger partial charge on any atom is 0.309 e. The van der Waals surface area contributed by atoms with E-state index in [0.29, 0.717) is 29.5 Å². The second-order valence-electron chi connectivity index (χ2n) is 5.09. The number of esters is 1. The minimum Gasteiger partial charge on any atom is -0.748 e. The number of carbonyl (C=O) groups is 1. The molecule has 1 fully saturated rings. The molecule has 7 nitrogen and oxygen atoms in total. The van der Waals surface area contributed by atoms with Crippen molar-refractivity contribution in [3.8, 4) is 5.75 Å². The van der Waals surface area contributed by atoms with Crippen LogP contribution in [0.25, 0.3) is 0 Å². The van der Waals surface area contributed by atoms with Gasteiger partial charge in [-0.25, -0.2) is 9.27 Å². The van der Waals surface area contributed by atoms with Gasteiger partial charge >= 0.3 is 5.97 Å². The molecular weight excluding hydrogens is 310 g/mol. The van der Waals surface area contributed by atoms with Gasteiger partial charge in [0.2, 0.25) is 0 Å². The van der Waals surface area contributed by atoms with Gasteiger partial charge in [-0.2, -0.15) is 4.28 Å². The summed E-state index contributed by atoms with van der Waals surface area (Å²) in [5, 5.41) is 1.09. The van der Waals surface area contributed by atoms with Crippen LogP contribution in [0.4, 0.5) is 5.69 Å². The summed E-state index contributed by atoms with van der Waals surface area (Å²) in [4.78, 5) is 11.4. The summed E-state index contributed by atoms with van der Waals surface area (Å²) < 4.78 is 36.4. The standard InChI is InChI=1S/C14H19NO6S/c1-15(21-22(17)18)12-7-11(8-14(16)19-2)5-6-13(12)20-9-10-3-4-10/h5-7,10H,3-4,8-9H2,1-2H3,(H,17,18)/p-1. The molecule has 0 aliphatic heterocycles. The summed E-state index contributed by atoms with van der Waals surface area (Å²) in [5.74, 6) is 0.685. The van der Waals surface area contributed by atoms with Gasteiger partial charge in [-0.3, -0.25) is 4.79 Å². The van der Waals surface area contributed by atoms with E-state index in [4.69, 9.17) is 4.74 Å². The van der Waals surface area contributed by atoms with Crippen molar-refractivity contribution in [2.24, 2.45) is 5.92 Å². The number of anilines is 1. The quantitative estimate of drug-likeness (QED) is 0.404. The second-order valence-corrected chi connectivity index (χ2v) is 5.64. The van der Waals surface area contributed by atoms with E-state index in [0.717, 1.165) is 17.9 Å². The molecule has 0 aromatic heterocycles. The van der Waals surface area contributed by atoms with E-state index in [1.165, 1.54) is 14.2 Å². The zero-order valence-electron chi connectivity index (χ0n) is 12.4. The summed E-state index contributed by atoms with van der Waals surface area (Å²) in [7, 11) is 2.77. The van der Waals surface area contributed by atoms with E-state index < -0.39 is 11.4 Å². The molecule has 1 saturated carbocycles. The van der Waals surface area contributed by atoms with Crippen molar-refractivity contribution in [1.82, 2.24) is 0 Å². The highest BCUT2D eigenvalue weighted by molar-refractivity contribution is 7.74. The van der Waals surface area contributed by atoms with Gasteiger partial charge in [-0.15, -0.1) is 0 Å². The predicted octanol–water partition coefficient (Wildman–Crippen LogP) is 1.35. The van der Waals surface area contributed by atoms with Gasteiger partial charge in [-0.1, -0.05) is 6.07 Å². The second kappa shape index (κ2) is 7.57. The minimum atomic E-state index is -2.70. The Morgan fingerprint density at radius 1 is 1.45 bits per heavy atom. The van der Waals surface area contributed by atoms with E-state index in [-0.39, 0.29) is 12.4 Å². The Kier molecular flexibility index (Phi) is 5.76. The van der Waals surface area contributed by atoms with E-state index in [2.05, 4.69) is 9.02 Å². The van der Waals surface area contributed by atoms with Gasteiger partial charge in [0.25, 0.3) is 0 Å². The number of nitrogens with zero attached hydrogens (tertiary/aromatic N) is 1. The van der Waals surface area contributed by atoms with Crippen molar-refractivity contribution in [3.05, 3.63) is 23.8 Å². The zero-order valence-corrected chi connectivity index (χ0v) is 13.3. The first-order valence-electron chi connectivity index (χ1n) is 6.83. The zero-order chi connectivity index (χ0) is 16.1. The number of hydroxylamine groups is 1. The number of methoxy groups -OCH3 is 1. The Labute approximate surface area is 131 Å². The third kappa shape index (κ3) is 4.97. The van der Waals surface area contributed by atoms with Gasteiger partial charge in [0.15, 0.2) is 0 Å². The maximum atomic E-state index is 11.4. The first-order chi connectivity index (χ1) is 10.5. The summed E-state index contributed by atoms with van der Waals surface area (Å²) in [6.45, 7) is 0.581. The number of rotatable bonds is 8. The van der Waals surface area contributed by atoms with Gasteiger partial charge < -0.3 is 14.0 Å². The highest BCUT2D eigenvalue weighted by Crippen LogP contribution is 2.34. The largest absolute Gasteiger partial charge is 0.748 e. The van der Waals surface area contributed by atoms with Crippen LogP contribution in [0.15, 0.2) is 18.2 Å². The number of ether oxygens (including phenoxy) is 2. The third-order valence-corrected chi connectivity index (χ3v) is 3.63. The monoisotopic (exact) mass is 328 g/mol. The lowest BCUT2D eigenvalue weighted by atomic mass is 10.1. The third-order valence-electron chi connectivity index (χ3n) is 3.28. The van der Waals surface area contributed by atoms with Crippen LogP contribution in [0.2, 0.25) is 0 Å². The van der Waals surface area contributed by atoms with Crippen LogP contribution >= 0.6 is 0 Å². The van der Waals surface area contributed by atoms with Crippen LogP contribution in [0, 0.1) is 5.92 Å². The molecule has 0 spiro atoms.